The van der Waals surface area contributed by atoms with Crippen LogP contribution in [-0.4, -0.2) is 0 Å². The molecule has 5 rings (SSSR count). The van der Waals surface area contributed by atoms with E-state index in [0.29, 0.717) is 0 Å². The van der Waals surface area contributed by atoms with E-state index in [-0.39, 0.29) is 0 Å². The Morgan fingerprint density at radius 2 is 1.03 bits per heavy atom. The maximum Gasteiger partial charge on any atom is 0.0468 e. The molecular weight excluding hydrogens is 450 g/mol. The first kappa shape index (κ1) is 24.0. The van der Waals surface area contributed by atoms with Gasteiger partial charge in [0.1, 0.15) is 0 Å². The lowest BCUT2D eigenvalue weighted by Gasteiger charge is -2.25. The number of rotatable bonds is 6. The van der Waals surface area contributed by atoms with E-state index in [2.05, 4.69) is 104 Å². The van der Waals surface area contributed by atoms with Crippen LogP contribution >= 0.6 is 0 Å². The number of aryl methyl sites for hydroxylation is 2. The van der Waals surface area contributed by atoms with E-state index >= 15 is 0 Å². The van der Waals surface area contributed by atoms with Crippen molar-refractivity contribution in [3.63, 3.8) is 0 Å². The molecule has 5 aromatic rings. The van der Waals surface area contributed by atoms with E-state index < -0.39 is 0 Å². The lowest BCUT2D eigenvalue weighted by Crippen LogP contribution is -2.09. The highest BCUT2D eigenvalue weighted by Crippen LogP contribution is 2.36. The number of para-hydroxylation sites is 2. The Labute approximate surface area is 219 Å². The fraction of sp³-hybridized carbons (Fsp3) is 0.0588. The molecule has 182 valence electrons. The van der Waals surface area contributed by atoms with Crippen LogP contribution in [0.5, 0.6) is 0 Å². The molecule has 0 spiro atoms. The fourth-order valence-electron chi connectivity index (χ4n) is 4.46. The minimum atomic E-state index is 0.720. The van der Waals surface area contributed by atoms with E-state index in [0.717, 1.165) is 50.7 Å². The summed E-state index contributed by atoms with van der Waals surface area (Å²) in [5, 5.41) is 0. The summed E-state index contributed by atoms with van der Waals surface area (Å²) < 4.78 is 0. The van der Waals surface area contributed by atoms with Crippen molar-refractivity contribution in [1.29, 1.82) is 0 Å². The Morgan fingerprint density at radius 1 is 0.514 bits per heavy atom. The van der Waals surface area contributed by atoms with Crippen LogP contribution in [-0.2, 0) is 0 Å². The van der Waals surface area contributed by atoms with Crippen LogP contribution in [0.15, 0.2) is 115 Å². The highest BCUT2D eigenvalue weighted by atomic mass is 15.1. The second-order valence-corrected chi connectivity index (χ2v) is 9.33. The minimum absolute atomic E-state index is 0.720. The van der Waals surface area contributed by atoms with Crippen molar-refractivity contribution in [3.8, 4) is 11.1 Å². The van der Waals surface area contributed by atoms with Crippen LogP contribution in [0.25, 0.3) is 23.3 Å². The molecule has 0 bridgehead atoms. The van der Waals surface area contributed by atoms with Crippen LogP contribution in [0.4, 0.5) is 28.4 Å². The van der Waals surface area contributed by atoms with Gasteiger partial charge in [0, 0.05) is 39.6 Å². The molecule has 3 nitrogen and oxygen atoms in total. The first-order valence-corrected chi connectivity index (χ1v) is 12.4. The van der Waals surface area contributed by atoms with Crippen LogP contribution in [0.3, 0.4) is 0 Å². The van der Waals surface area contributed by atoms with Gasteiger partial charge in [-0.15, -0.1) is 0 Å². The molecule has 0 heterocycles. The van der Waals surface area contributed by atoms with Crippen molar-refractivity contribution in [1.82, 2.24) is 0 Å². The zero-order valence-corrected chi connectivity index (χ0v) is 21.2. The van der Waals surface area contributed by atoms with E-state index in [1.165, 1.54) is 11.1 Å². The summed E-state index contributed by atoms with van der Waals surface area (Å²) in [7, 11) is 0. The van der Waals surface area contributed by atoms with Crippen LogP contribution in [0, 0.1) is 13.8 Å². The predicted molar refractivity (Wildman–Crippen MR) is 160 cm³/mol. The van der Waals surface area contributed by atoms with Crippen molar-refractivity contribution >= 4 is 40.6 Å². The predicted octanol–water partition coefficient (Wildman–Crippen LogP) is 8.78. The molecule has 0 amide bonds. The van der Waals surface area contributed by atoms with Gasteiger partial charge in [0.15, 0.2) is 0 Å². The fourth-order valence-corrected chi connectivity index (χ4v) is 4.46. The zero-order valence-electron chi connectivity index (χ0n) is 21.2. The van der Waals surface area contributed by atoms with Gasteiger partial charge in [0.05, 0.1) is 0 Å². The third kappa shape index (κ3) is 5.26. The molecule has 0 aliphatic rings. The Hall–Kier alpha value is -4.76. The molecule has 0 unspecified atom stereocenters. The Bertz CT molecular complexity index is 1480. The zero-order chi connectivity index (χ0) is 25.8. The molecule has 0 aliphatic heterocycles. The summed E-state index contributed by atoms with van der Waals surface area (Å²) in [6.45, 7) is 4.22. The number of nitrogen functional groups attached to an aromatic ring is 2. The molecule has 3 heteroatoms. The standard InChI is InChI=1S/C34H31N3/c1-24-10-18-28(19-11-24)37(29-20-12-25(2)13-21-29)30-22-15-26(16-23-30)14-17-27-6-5-8-32(34(27)36)31-7-3-4-9-33(31)35/h3-23H,35-36H2,1-2H3/b17-14+. The smallest absolute Gasteiger partial charge is 0.0468 e. The van der Waals surface area contributed by atoms with E-state index in [1.54, 1.807) is 0 Å². The number of nitrogens with two attached hydrogens (primary N) is 2. The van der Waals surface area contributed by atoms with Gasteiger partial charge in [0.2, 0.25) is 0 Å². The molecule has 0 aromatic heterocycles. The minimum Gasteiger partial charge on any atom is -0.398 e. The summed E-state index contributed by atoms with van der Waals surface area (Å²) in [5.74, 6) is 0. The van der Waals surface area contributed by atoms with Crippen LogP contribution < -0.4 is 16.4 Å². The molecule has 0 saturated carbocycles. The number of hydrogen-bond acceptors (Lipinski definition) is 3. The van der Waals surface area contributed by atoms with E-state index in [9.17, 15) is 0 Å². The van der Waals surface area contributed by atoms with Gasteiger partial charge in [-0.05, 0) is 67.4 Å². The largest absolute Gasteiger partial charge is 0.398 e. The number of benzene rings is 5. The topological polar surface area (TPSA) is 55.3 Å². The molecule has 37 heavy (non-hydrogen) atoms. The van der Waals surface area contributed by atoms with Gasteiger partial charge in [-0.1, -0.05) is 96.1 Å². The van der Waals surface area contributed by atoms with Gasteiger partial charge in [-0.25, -0.2) is 0 Å². The second-order valence-electron chi connectivity index (χ2n) is 9.33. The van der Waals surface area contributed by atoms with Gasteiger partial charge in [0.25, 0.3) is 0 Å². The molecule has 4 N–H and O–H groups in total. The number of hydrogen-bond donors (Lipinski definition) is 2. The monoisotopic (exact) mass is 481 g/mol. The van der Waals surface area contributed by atoms with Gasteiger partial charge in [-0.3, -0.25) is 0 Å². The average molecular weight is 482 g/mol. The third-order valence-corrected chi connectivity index (χ3v) is 6.58. The maximum absolute atomic E-state index is 6.55. The Balaban J connectivity index is 1.44. The highest BCUT2D eigenvalue weighted by Gasteiger charge is 2.12. The van der Waals surface area contributed by atoms with Gasteiger partial charge >= 0.3 is 0 Å². The molecule has 0 atom stereocenters. The summed E-state index contributed by atoms with van der Waals surface area (Å²) in [4.78, 5) is 2.28. The number of nitrogens with zero attached hydrogens (tertiary/aromatic N) is 1. The van der Waals surface area contributed by atoms with Gasteiger partial charge in [-0.2, -0.15) is 0 Å². The Morgan fingerprint density at radius 3 is 1.59 bits per heavy atom. The normalized spacial score (nSPS) is 11.1. The molecule has 0 saturated heterocycles. The van der Waals surface area contributed by atoms with Crippen molar-refractivity contribution in [2.45, 2.75) is 13.8 Å². The SMILES string of the molecule is Cc1ccc(N(c2ccc(C)cc2)c2ccc(/C=C/c3cccc(-c4ccccc4N)c3N)cc2)cc1. The lowest BCUT2D eigenvalue weighted by atomic mass is 9.98. The molecule has 0 fully saturated rings. The molecule has 5 aromatic carbocycles. The molecular formula is C34H31N3. The lowest BCUT2D eigenvalue weighted by molar-refractivity contribution is 1.27. The van der Waals surface area contributed by atoms with Crippen molar-refractivity contribution in [2.75, 3.05) is 16.4 Å². The maximum atomic E-state index is 6.55. The molecule has 0 aliphatic carbocycles. The van der Waals surface area contributed by atoms with Crippen molar-refractivity contribution < 1.29 is 0 Å². The second kappa shape index (κ2) is 10.5. The average Bonchev–Trinajstić information content (AvgIpc) is 2.92. The quantitative estimate of drug-likeness (QED) is 0.188. The summed E-state index contributed by atoms with van der Waals surface area (Å²) in [5.41, 5.74) is 24.0. The van der Waals surface area contributed by atoms with E-state index in [4.69, 9.17) is 11.5 Å². The van der Waals surface area contributed by atoms with Gasteiger partial charge < -0.3 is 16.4 Å². The first-order valence-electron chi connectivity index (χ1n) is 12.4. The molecule has 0 radical (unpaired) electrons. The first-order chi connectivity index (χ1) is 18.0. The van der Waals surface area contributed by atoms with Crippen molar-refractivity contribution in [2.24, 2.45) is 0 Å². The summed E-state index contributed by atoms with van der Waals surface area (Å²) in [6, 6.07) is 39.7. The Kier molecular flexibility index (Phi) is 6.78. The summed E-state index contributed by atoms with van der Waals surface area (Å²) >= 11 is 0. The van der Waals surface area contributed by atoms with Crippen molar-refractivity contribution in [3.05, 3.63) is 138 Å². The highest BCUT2D eigenvalue weighted by molar-refractivity contribution is 5.90. The van der Waals surface area contributed by atoms with Crippen LogP contribution in [0.1, 0.15) is 22.3 Å². The third-order valence-electron chi connectivity index (χ3n) is 6.58. The number of anilines is 5. The van der Waals surface area contributed by atoms with E-state index in [1.807, 2.05) is 42.5 Å². The summed E-state index contributed by atoms with van der Waals surface area (Å²) in [6.07, 6.45) is 4.15. The van der Waals surface area contributed by atoms with Crippen LogP contribution in [0.2, 0.25) is 0 Å².